The molecule has 6 aromatic rings. The van der Waals surface area contributed by atoms with Gasteiger partial charge < -0.3 is 55.5 Å². The highest BCUT2D eigenvalue weighted by Gasteiger charge is 2.44. The van der Waals surface area contributed by atoms with Crippen LogP contribution in [-0.2, 0) is 40.7 Å². The van der Waals surface area contributed by atoms with Crippen LogP contribution in [0.15, 0.2) is 103 Å². The summed E-state index contributed by atoms with van der Waals surface area (Å²) in [4.78, 5) is 70.1. The molecular formula is C65H87N11O9S. The van der Waals surface area contributed by atoms with Crippen LogP contribution in [-0.4, -0.2) is 143 Å². The van der Waals surface area contributed by atoms with E-state index in [2.05, 4.69) is 46.7 Å². The number of aliphatic hydroxyl groups is 1. The molecule has 86 heavy (non-hydrogen) atoms. The number of benzene rings is 3. The Labute approximate surface area is 509 Å². The van der Waals surface area contributed by atoms with Crippen molar-refractivity contribution in [3.05, 3.63) is 131 Å². The number of carbonyl (C=O) groups is 4. The largest absolute Gasteiger partial charge is 0.494 e. The second kappa shape index (κ2) is 32.6. The minimum atomic E-state index is -0.872. The number of aromatic nitrogens is 5. The van der Waals surface area contributed by atoms with Crippen LogP contribution in [0.5, 0.6) is 5.75 Å². The van der Waals surface area contributed by atoms with Crippen LogP contribution >= 0.6 is 11.3 Å². The number of carbonyl (C=O) groups excluding carboxylic acids is 4. The standard InChI is InChI=1S/C65H87N11O9S/c1-45(70-60(79)51-16-13-17-52(39-51)73-65(26-30-67-31-27-65)63-72-59(74-75-63)49-24-28-66-29-25-49)50-15-14-18-54(40-50)85-34-12-7-6-10-32-82-35-37-84-38-36-83-33-11-8-9-19-56(78)71-58(64(3,4)5)62(81)76-43-53(77)41-55(76)61(80)68-42-47-20-22-48(23-21-47)57-46(2)69-44-86-57/h13-18,20-25,28-29,39-40,44-45,53,55,58,67,73,77H,6-12,19,26-27,30-38,41-43H2,1-5H3,(H,68,80)(H,70,79)(H,71,78)(H,72,74,75)/t45-,53-,55?,58-/m1/s1. The molecule has 0 radical (unpaired) electrons. The van der Waals surface area contributed by atoms with Crippen LogP contribution in [0.4, 0.5) is 5.69 Å². The van der Waals surface area contributed by atoms with Gasteiger partial charge in [-0.15, -0.1) is 11.3 Å². The molecule has 0 spiro atoms. The van der Waals surface area contributed by atoms with Crippen molar-refractivity contribution < 1.29 is 43.2 Å². The molecule has 4 atom stereocenters. The number of thiazole rings is 1. The predicted molar refractivity (Wildman–Crippen MR) is 332 cm³/mol. The molecule has 1 unspecified atom stereocenters. The molecule has 20 nitrogen and oxygen atoms in total. The van der Waals surface area contributed by atoms with Crippen LogP contribution in [0.1, 0.15) is 137 Å². The molecule has 8 rings (SSSR count). The molecule has 2 saturated heterocycles. The lowest BCUT2D eigenvalue weighted by molar-refractivity contribution is -0.144. The van der Waals surface area contributed by atoms with Gasteiger partial charge in [0.15, 0.2) is 11.6 Å². The average Bonchev–Trinajstić information content (AvgIpc) is 2.51. The first-order chi connectivity index (χ1) is 41.7. The summed E-state index contributed by atoms with van der Waals surface area (Å²) < 4.78 is 23.3. The Balaban J connectivity index is 0.622. The van der Waals surface area contributed by atoms with E-state index in [4.69, 9.17) is 23.9 Å². The number of ether oxygens (including phenoxy) is 4. The van der Waals surface area contributed by atoms with Crippen molar-refractivity contribution in [1.82, 2.24) is 51.3 Å². The first-order valence-electron chi connectivity index (χ1n) is 30.4. The maximum Gasteiger partial charge on any atom is 0.251 e. The number of rotatable bonds is 33. The normalized spacial score (nSPS) is 16.5. The fourth-order valence-electron chi connectivity index (χ4n) is 10.7. The van der Waals surface area contributed by atoms with Crippen molar-refractivity contribution in [2.24, 2.45) is 5.41 Å². The van der Waals surface area contributed by atoms with E-state index in [-0.39, 0.29) is 55.6 Å². The Hall–Kier alpha value is -7.14. The highest BCUT2D eigenvalue weighted by Crippen LogP contribution is 2.35. The van der Waals surface area contributed by atoms with Gasteiger partial charge in [-0.1, -0.05) is 76.1 Å². The molecular weight excluding hydrogens is 1110 g/mol. The number of hydrogen-bond acceptors (Lipinski definition) is 16. The molecule has 3 aromatic carbocycles. The van der Waals surface area contributed by atoms with Crippen LogP contribution in [0.3, 0.4) is 0 Å². The summed E-state index contributed by atoms with van der Waals surface area (Å²) in [6, 6.07) is 25.2. The number of aryl methyl sites for hydroxylation is 1. The van der Waals surface area contributed by atoms with Gasteiger partial charge in [0.1, 0.15) is 17.8 Å². The number of aliphatic hydroxyl groups excluding tert-OH is 1. The summed E-state index contributed by atoms with van der Waals surface area (Å²) in [6.07, 6.45) is 10.7. The summed E-state index contributed by atoms with van der Waals surface area (Å²) in [5.41, 5.74) is 6.87. The van der Waals surface area contributed by atoms with E-state index in [1.165, 1.54) is 4.90 Å². The minimum Gasteiger partial charge on any atom is -0.494 e. The van der Waals surface area contributed by atoms with Gasteiger partial charge in [0.2, 0.25) is 17.7 Å². The second-order valence-electron chi connectivity index (χ2n) is 23.4. The quantitative estimate of drug-likeness (QED) is 0.0190. The molecule has 0 aliphatic carbocycles. The van der Waals surface area contributed by atoms with Crippen molar-refractivity contribution in [1.29, 1.82) is 0 Å². The van der Waals surface area contributed by atoms with E-state index in [0.717, 1.165) is 115 Å². The summed E-state index contributed by atoms with van der Waals surface area (Å²) in [5, 5.41) is 34.5. The van der Waals surface area contributed by atoms with Crippen molar-refractivity contribution in [2.75, 3.05) is 71.2 Å². The third kappa shape index (κ3) is 19.2. The highest BCUT2D eigenvalue weighted by atomic mass is 32.1. The number of piperidine rings is 1. The fraction of sp³-hybridized carbons (Fsp3) is 0.508. The number of pyridine rings is 1. The third-order valence-electron chi connectivity index (χ3n) is 15.6. The topological polar surface area (TPSA) is 256 Å². The molecule has 462 valence electrons. The first-order valence-corrected chi connectivity index (χ1v) is 31.3. The lowest BCUT2D eigenvalue weighted by atomic mass is 9.85. The molecule has 0 bridgehead atoms. The van der Waals surface area contributed by atoms with Crippen molar-refractivity contribution in [3.8, 4) is 27.6 Å². The van der Waals surface area contributed by atoms with E-state index in [1.54, 1.807) is 23.7 Å². The Morgan fingerprint density at radius 1 is 0.802 bits per heavy atom. The Bertz CT molecular complexity index is 3070. The van der Waals surface area contributed by atoms with Crippen molar-refractivity contribution in [3.63, 3.8) is 0 Å². The van der Waals surface area contributed by atoms with Gasteiger partial charge in [0, 0.05) is 68.4 Å². The lowest BCUT2D eigenvalue weighted by Crippen LogP contribution is -2.57. The highest BCUT2D eigenvalue weighted by molar-refractivity contribution is 7.13. The number of β-amino-alcohol motifs (C(OH)–C–C–N with tert-alkyl or cyclic N) is 1. The molecule has 0 saturated carbocycles. The lowest BCUT2D eigenvalue weighted by Gasteiger charge is -2.37. The summed E-state index contributed by atoms with van der Waals surface area (Å²) in [5.74, 6) is 1.03. The zero-order chi connectivity index (χ0) is 60.7. The molecule has 7 N–H and O–H groups in total. The van der Waals surface area contributed by atoms with E-state index in [9.17, 15) is 24.3 Å². The predicted octanol–water partition coefficient (Wildman–Crippen LogP) is 8.84. The van der Waals surface area contributed by atoms with Gasteiger partial charge in [0.25, 0.3) is 5.91 Å². The Morgan fingerprint density at radius 3 is 2.19 bits per heavy atom. The van der Waals surface area contributed by atoms with Gasteiger partial charge in [-0.3, -0.25) is 29.3 Å². The van der Waals surface area contributed by atoms with Gasteiger partial charge in [-0.2, -0.15) is 5.10 Å². The number of anilines is 1. The monoisotopic (exact) mass is 1200 g/mol. The van der Waals surface area contributed by atoms with E-state index < -0.39 is 29.1 Å². The fourth-order valence-corrected chi connectivity index (χ4v) is 11.5. The Kier molecular flexibility index (Phi) is 24.5. The molecule has 3 aromatic heterocycles. The van der Waals surface area contributed by atoms with Gasteiger partial charge in [-0.25, -0.2) is 9.97 Å². The van der Waals surface area contributed by atoms with Crippen molar-refractivity contribution in [2.45, 2.75) is 142 Å². The maximum atomic E-state index is 14.0. The van der Waals surface area contributed by atoms with Crippen LogP contribution < -0.4 is 31.3 Å². The second-order valence-corrected chi connectivity index (χ2v) is 24.3. The molecule has 5 heterocycles. The van der Waals surface area contributed by atoms with Crippen molar-refractivity contribution >= 4 is 40.7 Å². The van der Waals surface area contributed by atoms with Crippen LogP contribution in [0.25, 0.3) is 21.8 Å². The van der Waals surface area contributed by atoms with E-state index >= 15 is 0 Å². The van der Waals surface area contributed by atoms with Crippen LogP contribution in [0, 0.1) is 12.3 Å². The number of aromatic amines is 1. The number of nitrogens with zero attached hydrogens (tertiary/aromatic N) is 5. The number of unbranched alkanes of at least 4 members (excludes halogenated alkanes) is 5. The SMILES string of the molecule is Cc1ncsc1-c1ccc(CNC(=O)C2C[C@@H](O)CN2C(=O)[C@@H](NC(=O)CCCCCOCCOCCOCCCCCCOc2cccc([C@@H](C)NC(=O)c3cccc(NC4(c5nc(-c6ccncc6)n[nH]5)CCNCC4)c3)c2)C(C)(C)C)cc1. The first kappa shape index (κ1) is 64.8. The molecule has 4 amide bonds. The molecule has 2 fully saturated rings. The number of H-pyrrole nitrogens is 1. The van der Waals surface area contributed by atoms with Gasteiger partial charge in [0.05, 0.1) is 66.8 Å². The summed E-state index contributed by atoms with van der Waals surface area (Å²) in [7, 11) is 0. The molecule has 2 aliphatic rings. The number of hydrogen-bond donors (Lipinski definition) is 7. The van der Waals surface area contributed by atoms with Gasteiger partial charge in [-0.05, 0) is 136 Å². The number of likely N-dealkylation sites (tertiary alicyclic amines) is 1. The van der Waals surface area contributed by atoms with E-state index in [0.29, 0.717) is 64.1 Å². The summed E-state index contributed by atoms with van der Waals surface area (Å²) >= 11 is 1.58. The molecule has 2 aliphatic heterocycles. The summed E-state index contributed by atoms with van der Waals surface area (Å²) in [6.45, 7) is 15.3. The zero-order valence-corrected chi connectivity index (χ0v) is 51.4. The smallest absolute Gasteiger partial charge is 0.251 e. The number of nitrogens with one attached hydrogen (secondary N) is 6. The molecule has 21 heteroatoms. The zero-order valence-electron chi connectivity index (χ0n) is 50.5. The van der Waals surface area contributed by atoms with E-state index in [1.807, 2.05) is 125 Å². The maximum absolute atomic E-state index is 14.0. The van der Waals surface area contributed by atoms with Crippen LogP contribution in [0.2, 0.25) is 0 Å². The van der Waals surface area contributed by atoms with Gasteiger partial charge >= 0.3 is 0 Å². The average molecular weight is 1200 g/mol. The number of amides is 4. The third-order valence-corrected chi connectivity index (χ3v) is 16.6. The Morgan fingerprint density at radius 2 is 1.49 bits per heavy atom. The minimum absolute atomic E-state index is 0.0211.